The molecule has 18 heavy (non-hydrogen) atoms. The quantitative estimate of drug-likeness (QED) is 0.442. The summed E-state index contributed by atoms with van der Waals surface area (Å²) in [5.74, 6) is -2.31. The van der Waals surface area contributed by atoms with Crippen molar-refractivity contribution < 1.29 is 32.4 Å². The van der Waals surface area contributed by atoms with E-state index in [4.69, 9.17) is 14.4 Å². The van der Waals surface area contributed by atoms with Crippen molar-refractivity contribution in [3.8, 4) is 0 Å². The Morgan fingerprint density at radius 3 is 2.33 bits per heavy atom. The molecule has 0 aliphatic heterocycles. The number of carboxylic acids is 1. The third-order valence-electron chi connectivity index (χ3n) is 2.22. The molecule has 0 aliphatic carbocycles. The van der Waals surface area contributed by atoms with Gasteiger partial charge in [0.15, 0.2) is 5.25 Å². The van der Waals surface area contributed by atoms with Crippen molar-refractivity contribution in [3.05, 3.63) is 0 Å². The normalized spacial score (nSPS) is 13.2. The number of ether oxygens (including phenoxy) is 1. The van der Waals surface area contributed by atoms with Gasteiger partial charge >= 0.3 is 5.97 Å². The van der Waals surface area contributed by atoms with E-state index in [1.807, 2.05) is 6.92 Å². The average molecular weight is 282 g/mol. The molecule has 1 unspecified atom stereocenters. The van der Waals surface area contributed by atoms with Crippen LogP contribution >= 0.6 is 0 Å². The fourth-order valence-corrected chi connectivity index (χ4v) is 1.81. The Labute approximate surface area is 106 Å². The second-order valence-electron chi connectivity index (χ2n) is 3.80. The predicted octanol–water partition coefficient (Wildman–Crippen LogP) is 0.493. The van der Waals surface area contributed by atoms with Crippen molar-refractivity contribution in [3.63, 3.8) is 0 Å². The number of unbranched alkanes of at least 4 members (excludes halogenated alkanes) is 1. The first kappa shape index (κ1) is 17.0. The number of aliphatic carboxylic acids is 1. The molecule has 0 spiro atoms. The second-order valence-corrected chi connectivity index (χ2v) is 5.40. The number of carbonyl (C=O) groups is 2. The molecule has 0 aliphatic rings. The van der Waals surface area contributed by atoms with Crippen LogP contribution in [-0.2, 0) is 24.4 Å². The second kappa shape index (κ2) is 8.17. The Morgan fingerprint density at radius 1 is 1.28 bits per heavy atom. The minimum absolute atomic E-state index is 0.0665. The molecular weight excluding hydrogens is 264 g/mol. The maximum atomic E-state index is 11.3. The standard InChI is InChI=1S/C10H18O7S/c1-2-3-5-17-6-4-8(11)7-9(10(12)13)18(14,15)16/h9H,2-7H2,1H3,(H,12,13)(H,14,15,16). The first-order valence-corrected chi connectivity index (χ1v) is 7.08. The van der Waals surface area contributed by atoms with Crippen LogP contribution in [0, 0.1) is 0 Å². The summed E-state index contributed by atoms with van der Waals surface area (Å²) in [6, 6.07) is 0. The van der Waals surface area contributed by atoms with E-state index in [-0.39, 0.29) is 13.0 Å². The average Bonchev–Trinajstić information content (AvgIpc) is 2.23. The lowest BCUT2D eigenvalue weighted by Crippen LogP contribution is -2.32. The highest BCUT2D eigenvalue weighted by Crippen LogP contribution is 2.07. The maximum Gasteiger partial charge on any atom is 0.324 e. The molecule has 1 atom stereocenters. The van der Waals surface area contributed by atoms with E-state index >= 15 is 0 Å². The van der Waals surface area contributed by atoms with Gasteiger partial charge in [-0.2, -0.15) is 8.42 Å². The third-order valence-corrected chi connectivity index (χ3v) is 3.30. The minimum Gasteiger partial charge on any atom is -0.480 e. The highest BCUT2D eigenvalue weighted by molar-refractivity contribution is 7.87. The van der Waals surface area contributed by atoms with Gasteiger partial charge in [0.25, 0.3) is 10.1 Å². The van der Waals surface area contributed by atoms with Crippen molar-refractivity contribution in [1.29, 1.82) is 0 Å². The van der Waals surface area contributed by atoms with E-state index in [9.17, 15) is 18.0 Å². The van der Waals surface area contributed by atoms with Crippen LogP contribution in [0.3, 0.4) is 0 Å². The first-order valence-electron chi connectivity index (χ1n) is 5.57. The Kier molecular flexibility index (Phi) is 7.72. The molecule has 0 rings (SSSR count). The van der Waals surface area contributed by atoms with Crippen molar-refractivity contribution in [2.45, 2.75) is 37.9 Å². The lowest BCUT2D eigenvalue weighted by molar-refractivity contribution is -0.138. The van der Waals surface area contributed by atoms with E-state index in [0.717, 1.165) is 12.8 Å². The lowest BCUT2D eigenvalue weighted by Gasteiger charge is -2.08. The summed E-state index contributed by atoms with van der Waals surface area (Å²) in [5.41, 5.74) is 0. The fraction of sp³-hybridized carbons (Fsp3) is 0.800. The van der Waals surface area contributed by atoms with Gasteiger partial charge in [0.05, 0.1) is 6.61 Å². The molecule has 0 saturated carbocycles. The molecule has 2 N–H and O–H groups in total. The molecule has 0 fully saturated rings. The largest absolute Gasteiger partial charge is 0.480 e. The summed E-state index contributed by atoms with van der Waals surface area (Å²) in [6.07, 6.45) is 1.00. The summed E-state index contributed by atoms with van der Waals surface area (Å²) in [4.78, 5) is 21.9. The van der Waals surface area contributed by atoms with Gasteiger partial charge in [-0.1, -0.05) is 13.3 Å². The molecule has 106 valence electrons. The van der Waals surface area contributed by atoms with Crippen LogP contribution in [0.1, 0.15) is 32.6 Å². The molecular formula is C10H18O7S. The van der Waals surface area contributed by atoms with Crippen molar-refractivity contribution in [2.24, 2.45) is 0 Å². The van der Waals surface area contributed by atoms with E-state index in [2.05, 4.69) is 0 Å². The Bertz CT molecular complexity index is 374. The van der Waals surface area contributed by atoms with Gasteiger partial charge in [-0.15, -0.1) is 0 Å². The van der Waals surface area contributed by atoms with Gasteiger partial charge in [0, 0.05) is 19.4 Å². The van der Waals surface area contributed by atoms with Gasteiger partial charge in [-0.05, 0) is 6.42 Å². The summed E-state index contributed by atoms with van der Waals surface area (Å²) in [6.45, 7) is 2.61. The SMILES string of the molecule is CCCCOCCC(=O)CC(C(=O)O)S(=O)(=O)O. The Balaban J connectivity index is 4.09. The van der Waals surface area contributed by atoms with Crippen LogP contribution in [0.25, 0.3) is 0 Å². The Hall–Kier alpha value is -0.990. The van der Waals surface area contributed by atoms with Crippen molar-refractivity contribution >= 4 is 21.9 Å². The van der Waals surface area contributed by atoms with Crippen LogP contribution in [0.15, 0.2) is 0 Å². The number of rotatable bonds is 10. The summed E-state index contributed by atoms with van der Waals surface area (Å²) in [5, 5.41) is 6.48. The van der Waals surface area contributed by atoms with Gasteiger partial charge in [-0.3, -0.25) is 14.1 Å². The summed E-state index contributed by atoms with van der Waals surface area (Å²) >= 11 is 0. The zero-order valence-corrected chi connectivity index (χ0v) is 11.0. The number of carbonyl (C=O) groups excluding carboxylic acids is 1. The highest BCUT2D eigenvalue weighted by atomic mass is 32.2. The number of carboxylic acid groups (broad SMARTS) is 1. The van der Waals surface area contributed by atoms with E-state index in [1.54, 1.807) is 0 Å². The molecule has 7 nitrogen and oxygen atoms in total. The topological polar surface area (TPSA) is 118 Å². The van der Waals surface area contributed by atoms with E-state index in [1.165, 1.54) is 0 Å². The van der Waals surface area contributed by atoms with Gasteiger partial charge in [0.2, 0.25) is 0 Å². The van der Waals surface area contributed by atoms with Gasteiger partial charge in [-0.25, -0.2) is 0 Å². The predicted molar refractivity (Wildman–Crippen MR) is 62.9 cm³/mol. The first-order chi connectivity index (χ1) is 8.29. The molecule has 8 heteroatoms. The van der Waals surface area contributed by atoms with Crippen LogP contribution in [0.5, 0.6) is 0 Å². The van der Waals surface area contributed by atoms with Crippen molar-refractivity contribution in [1.82, 2.24) is 0 Å². The molecule has 0 aromatic carbocycles. The Morgan fingerprint density at radius 2 is 1.89 bits per heavy atom. The van der Waals surface area contributed by atoms with Gasteiger partial charge < -0.3 is 9.84 Å². The highest BCUT2D eigenvalue weighted by Gasteiger charge is 2.32. The smallest absolute Gasteiger partial charge is 0.324 e. The molecule has 0 saturated heterocycles. The zero-order valence-electron chi connectivity index (χ0n) is 10.2. The zero-order chi connectivity index (χ0) is 14.2. The minimum atomic E-state index is -4.76. The van der Waals surface area contributed by atoms with Crippen LogP contribution in [0.2, 0.25) is 0 Å². The number of hydrogen-bond donors (Lipinski definition) is 2. The van der Waals surface area contributed by atoms with E-state index < -0.39 is 33.5 Å². The van der Waals surface area contributed by atoms with Crippen LogP contribution < -0.4 is 0 Å². The van der Waals surface area contributed by atoms with Crippen LogP contribution in [0.4, 0.5) is 0 Å². The summed E-state index contributed by atoms with van der Waals surface area (Å²) in [7, 11) is -4.76. The lowest BCUT2D eigenvalue weighted by atomic mass is 10.2. The maximum absolute atomic E-state index is 11.3. The van der Waals surface area contributed by atoms with E-state index in [0.29, 0.717) is 6.61 Å². The van der Waals surface area contributed by atoms with Crippen molar-refractivity contribution in [2.75, 3.05) is 13.2 Å². The molecule has 0 bridgehead atoms. The molecule has 0 amide bonds. The molecule has 0 radical (unpaired) electrons. The van der Waals surface area contributed by atoms with Crippen LogP contribution in [-0.4, -0.2) is 48.3 Å². The molecule has 0 heterocycles. The third kappa shape index (κ3) is 7.36. The molecule has 0 aromatic rings. The molecule has 0 aromatic heterocycles. The fourth-order valence-electron chi connectivity index (χ4n) is 1.16. The number of hydrogen-bond acceptors (Lipinski definition) is 5. The number of Topliss-reactive ketones (excluding diaryl/α,β-unsaturated/α-hetero) is 1. The number of ketones is 1. The van der Waals surface area contributed by atoms with Gasteiger partial charge in [0.1, 0.15) is 5.78 Å². The summed E-state index contributed by atoms with van der Waals surface area (Å²) < 4.78 is 35.2. The monoisotopic (exact) mass is 282 g/mol.